The lowest BCUT2D eigenvalue weighted by atomic mass is 10.2. The molecule has 0 atom stereocenters. The van der Waals surface area contributed by atoms with Crippen molar-refractivity contribution in [2.45, 2.75) is 17.7 Å². The summed E-state index contributed by atoms with van der Waals surface area (Å²) in [6, 6.07) is 12.8. The maximum atomic E-state index is 12.1. The molecule has 3 rings (SSSR count). The first-order valence-corrected chi connectivity index (χ1v) is 9.28. The Kier molecular flexibility index (Phi) is 4.83. The number of nitrogens with two attached hydrogens (primary N) is 1. The van der Waals surface area contributed by atoms with Crippen LogP contribution in [0.5, 0.6) is 0 Å². The highest BCUT2D eigenvalue weighted by atomic mass is 32.2. The summed E-state index contributed by atoms with van der Waals surface area (Å²) in [5, 5.41) is 7.65. The Bertz CT molecular complexity index is 1140. The number of aromatic nitrogens is 2. The summed E-state index contributed by atoms with van der Waals surface area (Å²) in [7, 11) is -3.85. The number of benzene rings is 2. The highest BCUT2D eigenvalue weighted by molar-refractivity contribution is 7.89. The van der Waals surface area contributed by atoms with E-state index in [4.69, 9.17) is 5.14 Å². The van der Waals surface area contributed by atoms with Gasteiger partial charge in [-0.15, -0.1) is 0 Å². The first kappa shape index (κ1) is 17.8. The maximum Gasteiger partial charge on any atom is 0.270 e. The van der Waals surface area contributed by atoms with E-state index in [0.29, 0.717) is 16.7 Å². The van der Waals surface area contributed by atoms with Crippen LogP contribution in [-0.2, 0) is 21.2 Å². The summed E-state index contributed by atoms with van der Waals surface area (Å²) in [6.07, 6.45) is 0.175. The third-order valence-electron chi connectivity index (χ3n) is 3.70. The molecule has 1 amide bonds. The number of sulfonamides is 1. The number of H-pyrrole nitrogens is 1. The fourth-order valence-electron chi connectivity index (χ4n) is 2.44. The Balaban J connectivity index is 1.70. The molecule has 9 heteroatoms. The average molecular weight is 372 g/mol. The normalized spacial score (nSPS) is 11.4. The summed E-state index contributed by atoms with van der Waals surface area (Å²) in [6.45, 7) is 0. The molecule has 4 N–H and O–H groups in total. The zero-order valence-corrected chi connectivity index (χ0v) is 14.4. The molecular weight excluding hydrogens is 356 g/mol. The number of nitrogens with one attached hydrogen (secondary N) is 2. The molecule has 8 nitrogen and oxygen atoms in total. The van der Waals surface area contributed by atoms with Gasteiger partial charge in [-0.2, -0.15) is 0 Å². The molecule has 1 aromatic heterocycles. The molecule has 0 fully saturated rings. The molecule has 0 radical (unpaired) electrons. The number of hydrogen-bond acceptors (Lipinski definition) is 5. The van der Waals surface area contributed by atoms with E-state index >= 15 is 0 Å². The van der Waals surface area contributed by atoms with Crippen LogP contribution in [0.1, 0.15) is 12.1 Å². The van der Waals surface area contributed by atoms with Crippen LogP contribution in [-0.4, -0.2) is 24.3 Å². The molecule has 1 heterocycles. The lowest BCUT2D eigenvalue weighted by molar-refractivity contribution is -0.116. The van der Waals surface area contributed by atoms with Crippen molar-refractivity contribution >= 4 is 32.7 Å². The van der Waals surface area contributed by atoms with E-state index in [1.165, 1.54) is 18.2 Å². The van der Waals surface area contributed by atoms with E-state index in [-0.39, 0.29) is 34.9 Å². The van der Waals surface area contributed by atoms with Gasteiger partial charge in [-0.3, -0.25) is 9.59 Å². The Morgan fingerprint density at radius 2 is 1.92 bits per heavy atom. The van der Waals surface area contributed by atoms with Crippen molar-refractivity contribution in [1.82, 2.24) is 9.97 Å². The van der Waals surface area contributed by atoms with Crippen LogP contribution < -0.4 is 16.0 Å². The van der Waals surface area contributed by atoms with Crippen LogP contribution in [0.25, 0.3) is 11.0 Å². The minimum absolute atomic E-state index is 0.0218. The Labute approximate surface area is 149 Å². The third kappa shape index (κ3) is 4.13. The molecule has 134 valence electrons. The number of amides is 1. The van der Waals surface area contributed by atoms with Gasteiger partial charge >= 0.3 is 0 Å². The van der Waals surface area contributed by atoms with Gasteiger partial charge in [0, 0.05) is 18.5 Å². The van der Waals surface area contributed by atoms with E-state index in [2.05, 4.69) is 15.3 Å². The number of primary sulfonamides is 1. The number of hydrogen-bond donors (Lipinski definition) is 3. The molecular formula is C17H16N4O4S. The van der Waals surface area contributed by atoms with Crippen molar-refractivity contribution < 1.29 is 13.2 Å². The van der Waals surface area contributed by atoms with Crippen LogP contribution in [0.3, 0.4) is 0 Å². The molecule has 2 aromatic carbocycles. The minimum Gasteiger partial charge on any atom is -0.326 e. The smallest absolute Gasteiger partial charge is 0.270 e. The summed E-state index contributed by atoms with van der Waals surface area (Å²) in [5.41, 5.74) is 1.50. The molecule has 0 unspecified atom stereocenters. The van der Waals surface area contributed by atoms with E-state index in [1.807, 2.05) is 6.07 Å². The summed E-state index contributed by atoms with van der Waals surface area (Å²) in [4.78, 5) is 31.0. The first-order valence-electron chi connectivity index (χ1n) is 7.73. The Morgan fingerprint density at radius 1 is 1.15 bits per heavy atom. The number of aryl methyl sites for hydroxylation is 1. The number of aromatic amines is 1. The SMILES string of the molecule is NS(=O)(=O)c1cccc(NC(=O)CCc2nc3ccccc3[nH]c2=O)c1. The average Bonchev–Trinajstić information content (AvgIpc) is 2.59. The predicted molar refractivity (Wildman–Crippen MR) is 97.1 cm³/mol. The quantitative estimate of drug-likeness (QED) is 0.617. The van der Waals surface area contributed by atoms with E-state index in [9.17, 15) is 18.0 Å². The molecule has 0 aliphatic rings. The molecule has 0 spiro atoms. The highest BCUT2D eigenvalue weighted by Gasteiger charge is 2.11. The van der Waals surface area contributed by atoms with Gasteiger partial charge in [0.05, 0.1) is 15.9 Å². The second-order valence-electron chi connectivity index (χ2n) is 5.65. The zero-order chi connectivity index (χ0) is 18.7. The molecule has 0 aliphatic carbocycles. The van der Waals surface area contributed by atoms with Gasteiger partial charge in [-0.1, -0.05) is 18.2 Å². The molecule has 0 bridgehead atoms. The number of para-hydroxylation sites is 2. The second kappa shape index (κ2) is 7.06. The predicted octanol–water partition coefficient (Wildman–Crippen LogP) is 1.14. The van der Waals surface area contributed by atoms with Gasteiger partial charge < -0.3 is 10.3 Å². The largest absolute Gasteiger partial charge is 0.326 e. The van der Waals surface area contributed by atoms with Crippen molar-refractivity contribution in [2.24, 2.45) is 5.14 Å². The molecule has 26 heavy (non-hydrogen) atoms. The number of rotatable bonds is 5. The number of fused-ring (bicyclic) bond motifs is 1. The second-order valence-corrected chi connectivity index (χ2v) is 7.21. The zero-order valence-electron chi connectivity index (χ0n) is 13.6. The standard InChI is InChI=1S/C17H16N4O4S/c18-26(24,25)12-5-3-4-11(10-12)19-16(22)9-8-15-17(23)21-14-7-2-1-6-13(14)20-15/h1-7,10H,8-9H2,(H,19,22)(H,21,23)(H2,18,24,25). The van der Waals surface area contributed by atoms with Crippen LogP contribution in [0.2, 0.25) is 0 Å². The molecule has 0 saturated heterocycles. The van der Waals surface area contributed by atoms with E-state index < -0.39 is 10.0 Å². The maximum absolute atomic E-state index is 12.1. The molecule has 0 saturated carbocycles. The Hall–Kier alpha value is -3.04. The number of carbonyl (C=O) groups is 1. The van der Waals surface area contributed by atoms with E-state index in [0.717, 1.165) is 0 Å². The summed E-state index contributed by atoms with van der Waals surface area (Å²) >= 11 is 0. The van der Waals surface area contributed by atoms with Crippen LogP contribution in [0.4, 0.5) is 5.69 Å². The number of nitrogens with zero attached hydrogens (tertiary/aromatic N) is 1. The molecule has 3 aromatic rings. The van der Waals surface area contributed by atoms with Crippen LogP contribution >= 0.6 is 0 Å². The van der Waals surface area contributed by atoms with Gasteiger partial charge in [-0.05, 0) is 30.3 Å². The highest BCUT2D eigenvalue weighted by Crippen LogP contribution is 2.14. The van der Waals surface area contributed by atoms with Crippen molar-refractivity contribution in [3.8, 4) is 0 Å². The molecule has 0 aliphatic heterocycles. The monoisotopic (exact) mass is 372 g/mol. The Morgan fingerprint density at radius 3 is 2.69 bits per heavy atom. The van der Waals surface area contributed by atoms with Crippen molar-refractivity contribution in [2.75, 3.05) is 5.32 Å². The van der Waals surface area contributed by atoms with Gasteiger partial charge in [0.2, 0.25) is 15.9 Å². The van der Waals surface area contributed by atoms with Crippen molar-refractivity contribution in [1.29, 1.82) is 0 Å². The third-order valence-corrected chi connectivity index (χ3v) is 4.62. The lowest BCUT2D eigenvalue weighted by Crippen LogP contribution is -2.19. The fourth-order valence-corrected chi connectivity index (χ4v) is 3.00. The van der Waals surface area contributed by atoms with Gasteiger partial charge in [0.1, 0.15) is 5.69 Å². The topological polar surface area (TPSA) is 135 Å². The fraction of sp³-hybridized carbons (Fsp3) is 0.118. The van der Waals surface area contributed by atoms with Crippen molar-refractivity contribution in [3.05, 3.63) is 64.6 Å². The van der Waals surface area contributed by atoms with Gasteiger partial charge in [0.15, 0.2) is 0 Å². The van der Waals surface area contributed by atoms with Crippen LogP contribution in [0, 0.1) is 0 Å². The summed E-state index contributed by atoms with van der Waals surface area (Å²) < 4.78 is 22.7. The minimum atomic E-state index is -3.85. The lowest BCUT2D eigenvalue weighted by Gasteiger charge is -2.07. The summed E-state index contributed by atoms with van der Waals surface area (Å²) in [5.74, 6) is -0.370. The number of carbonyl (C=O) groups excluding carboxylic acids is 1. The number of anilines is 1. The van der Waals surface area contributed by atoms with Gasteiger partial charge in [0.25, 0.3) is 5.56 Å². The first-order chi connectivity index (χ1) is 12.3. The van der Waals surface area contributed by atoms with Crippen LogP contribution in [0.15, 0.2) is 58.2 Å². The van der Waals surface area contributed by atoms with E-state index in [1.54, 1.807) is 24.3 Å². The van der Waals surface area contributed by atoms with Gasteiger partial charge in [-0.25, -0.2) is 18.5 Å². The van der Waals surface area contributed by atoms with Crippen molar-refractivity contribution in [3.63, 3.8) is 0 Å².